The van der Waals surface area contributed by atoms with Gasteiger partial charge in [-0.15, -0.1) is 11.3 Å². The van der Waals surface area contributed by atoms with Gasteiger partial charge in [-0.1, -0.05) is 12.1 Å². The summed E-state index contributed by atoms with van der Waals surface area (Å²) in [6, 6.07) is 10.0. The van der Waals surface area contributed by atoms with E-state index in [2.05, 4.69) is 20.3 Å². The van der Waals surface area contributed by atoms with Crippen molar-refractivity contribution in [3.63, 3.8) is 0 Å². The molecule has 4 rings (SSSR count). The first-order chi connectivity index (χ1) is 13.5. The zero-order chi connectivity index (χ0) is 19.6. The maximum Gasteiger partial charge on any atom is 0.416 e. The molecule has 0 aliphatic heterocycles. The molecule has 0 atom stereocenters. The van der Waals surface area contributed by atoms with Gasteiger partial charge in [-0.05, 0) is 35.2 Å². The Kier molecular flexibility index (Phi) is 4.82. The Bertz CT molecular complexity index is 1100. The summed E-state index contributed by atoms with van der Waals surface area (Å²) in [6.07, 6.45) is -1.32. The maximum atomic E-state index is 12.8. The summed E-state index contributed by atoms with van der Waals surface area (Å²) < 4.78 is 44.7. The highest BCUT2D eigenvalue weighted by atomic mass is 32.1. The molecule has 0 bridgehead atoms. The van der Waals surface area contributed by atoms with Crippen molar-refractivity contribution >= 4 is 27.4 Å². The molecule has 1 N–H and O–H groups in total. The number of pyridine rings is 1. The van der Waals surface area contributed by atoms with Crippen molar-refractivity contribution in [3.05, 3.63) is 71.5 Å². The lowest BCUT2D eigenvalue weighted by atomic mass is 10.2. The van der Waals surface area contributed by atoms with Gasteiger partial charge in [0.1, 0.15) is 17.9 Å². The highest BCUT2D eigenvalue weighted by Crippen LogP contribution is 2.32. The molecule has 5 nitrogen and oxygen atoms in total. The Morgan fingerprint density at radius 2 is 1.93 bits per heavy atom. The van der Waals surface area contributed by atoms with Crippen molar-refractivity contribution < 1.29 is 17.9 Å². The number of nitrogens with zero attached hydrogens (tertiary/aromatic N) is 3. The molecule has 3 aromatic heterocycles. The van der Waals surface area contributed by atoms with Crippen molar-refractivity contribution in [2.75, 3.05) is 5.32 Å². The number of aromatic nitrogens is 3. The molecule has 0 saturated heterocycles. The van der Waals surface area contributed by atoms with Crippen LogP contribution in [0.25, 0.3) is 10.2 Å². The lowest BCUT2D eigenvalue weighted by Crippen LogP contribution is -2.04. The normalized spacial score (nSPS) is 11.5. The Morgan fingerprint density at radius 1 is 1.04 bits per heavy atom. The van der Waals surface area contributed by atoms with E-state index in [-0.39, 0.29) is 11.6 Å². The monoisotopic (exact) mass is 402 g/mol. The van der Waals surface area contributed by atoms with Crippen LogP contribution < -0.4 is 10.1 Å². The summed E-state index contributed by atoms with van der Waals surface area (Å²) in [7, 11) is 0. The lowest BCUT2D eigenvalue weighted by molar-refractivity contribution is -0.137. The number of benzene rings is 1. The molecule has 4 aromatic rings. The van der Waals surface area contributed by atoms with Crippen LogP contribution in [0.3, 0.4) is 0 Å². The number of ether oxygens (including phenoxy) is 1. The van der Waals surface area contributed by atoms with Gasteiger partial charge in [0.05, 0.1) is 15.8 Å². The topological polar surface area (TPSA) is 59.9 Å². The molecule has 0 saturated carbocycles. The van der Waals surface area contributed by atoms with Crippen LogP contribution in [0.15, 0.2) is 60.4 Å². The minimum Gasteiger partial charge on any atom is -0.439 e. The number of halogens is 3. The van der Waals surface area contributed by atoms with Crippen LogP contribution in [-0.2, 0) is 12.7 Å². The molecule has 0 aliphatic carbocycles. The highest BCUT2D eigenvalue weighted by Gasteiger charge is 2.30. The van der Waals surface area contributed by atoms with E-state index >= 15 is 0 Å². The van der Waals surface area contributed by atoms with Crippen LogP contribution in [0, 0.1) is 0 Å². The number of nitrogens with one attached hydrogen (secondary N) is 1. The van der Waals surface area contributed by atoms with Crippen LogP contribution in [0.2, 0.25) is 0 Å². The fourth-order valence-corrected chi connectivity index (χ4v) is 3.34. The summed E-state index contributed by atoms with van der Waals surface area (Å²) in [5.41, 5.74) is 0.987. The zero-order valence-corrected chi connectivity index (χ0v) is 15.1. The molecule has 3 heterocycles. The van der Waals surface area contributed by atoms with E-state index in [1.54, 1.807) is 29.7 Å². The largest absolute Gasteiger partial charge is 0.439 e. The minimum atomic E-state index is -4.42. The lowest BCUT2D eigenvalue weighted by Gasteiger charge is -2.10. The second kappa shape index (κ2) is 7.43. The van der Waals surface area contributed by atoms with Crippen molar-refractivity contribution in [2.45, 2.75) is 12.7 Å². The average molecular weight is 402 g/mol. The van der Waals surface area contributed by atoms with Crippen LogP contribution in [-0.4, -0.2) is 15.0 Å². The number of fused-ring (bicyclic) bond motifs is 1. The predicted molar refractivity (Wildman–Crippen MR) is 100 cm³/mol. The SMILES string of the molecule is FC(F)(F)c1cccc(Oc2ccc(CNc3ncnc4ccsc34)cn2)c1. The first-order valence-corrected chi connectivity index (χ1v) is 9.09. The molecule has 0 aliphatic rings. The van der Waals surface area contributed by atoms with E-state index in [1.165, 1.54) is 18.5 Å². The molecular formula is C19H13F3N4OS. The van der Waals surface area contributed by atoms with E-state index < -0.39 is 11.7 Å². The van der Waals surface area contributed by atoms with Crippen LogP contribution in [0.5, 0.6) is 11.6 Å². The first kappa shape index (κ1) is 18.2. The molecule has 0 radical (unpaired) electrons. The number of thiophene rings is 1. The fraction of sp³-hybridized carbons (Fsp3) is 0.105. The third kappa shape index (κ3) is 4.04. The Morgan fingerprint density at radius 3 is 2.71 bits per heavy atom. The number of alkyl halides is 3. The zero-order valence-electron chi connectivity index (χ0n) is 14.3. The second-order valence-corrected chi connectivity index (χ2v) is 6.76. The van der Waals surface area contributed by atoms with Crippen molar-refractivity contribution in [3.8, 4) is 11.6 Å². The second-order valence-electron chi connectivity index (χ2n) is 5.84. The summed E-state index contributed by atoms with van der Waals surface area (Å²) in [5, 5.41) is 5.19. The molecule has 9 heteroatoms. The van der Waals surface area contributed by atoms with Crippen LogP contribution >= 0.6 is 11.3 Å². The highest BCUT2D eigenvalue weighted by molar-refractivity contribution is 7.17. The predicted octanol–water partition coefficient (Wildman–Crippen LogP) is 5.51. The van der Waals surface area contributed by atoms with Gasteiger partial charge in [-0.25, -0.2) is 15.0 Å². The van der Waals surface area contributed by atoms with Gasteiger partial charge < -0.3 is 10.1 Å². The molecule has 0 fully saturated rings. The van der Waals surface area contributed by atoms with E-state index in [0.29, 0.717) is 6.54 Å². The molecule has 0 amide bonds. The average Bonchev–Trinajstić information content (AvgIpc) is 3.16. The molecule has 1 aromatic carbocycles. The minimum absolute atomic E-state index is 0.0780. The Balaban J connectivity index is 1.42. The maximum absolute atomic E-state index is 12.8. The van der Waals surface area contributed by atoms with E-state index in [4.69, 9.17) is 4.74 Å². The van der Waals surface area contributed by atoms with Crippen LogP contribution in [0.4, 0.5) is 19.0 Å². The van der Waals surface area contributed by atoms with Gasteiger partial charge in [0.25, 0.3) is 0 Å². The molecule has 28 heavy (non-hydrogen) atoms. The van der Waals surface area contributed by atoms with Crippen molar-refractivity contribution in [1.82, 2.24) is 15.0 Å². The van der Waals surface area contributed by atoms with Gasteiger partial charge >= 0.3 is 6.18 Å². The Hall–Kier alpha value is -3.20. The Labute approximate surface area is 161 Å². The van der Waals surface area contributed by atoms with E-state index in [0.717, 1.165) is 33.7 Å². The number of hydrogen-bond donors (Lipinski definition) is 1. The number of anilines is 1. The molecule has 142 valence electrons. The summed E-state index contributed by atoms with van der Waals surface area (Å²) >= 11 is 1.55. The van der Waals surface area contributed by atoms with E-state index in [9.17, 15) is 13.2 Å². The first-order valence-electron chi connectivity index (χ1n) is 8.21. The standard InChI is InChI=1S/C19H13F3N4OS/c20-19(21,22)13-2-1-3-14(8-13)27-16-5-4-12(9-23-16)10-24-18-17-15(6-7-28-17)25-11-26-18/h1-9,11H,10H2,(H,24,25,26). The molecule has 0 spiro atoms. The van der Waals surface area contributed by atoms with Crippen LogP contribution in [0.1, 0.15) is 11.1 Å². The number of hydrogen-bond acceptors (Lipinski definition) is 6. The van der Waals surface area contributed by atoms with Gasteiger partial charge in [-0.2, -0.15) is 13.2 Å². The third-order valence-corrected chi connectivity index (χ3v) is 4.79. The summed E-state index contributed by atoms with van der Waals surface area (Å²) in [5.74, 6) is 1.03. The van der Waals surface area contributed by atoms with Gasteiger partial charge in [0, 0.05) is 18.8 Å². The van der Waals surface area contributed by atoms with Gasteiger partial charge in [-0.3, -0.25) is 0 Å². The number of rotatable bonds is 5. The smallest absolute Gasteiger partial charge is 0.416 e. The van der Waals surface area contributed by atoms with Crippen molar-refractivity contribution in [1.29, 1.82) is 0 Å². The summed E-state index contributed by atoms with van der Waals surface area (Å²) in [4.78, 5) is 12.6. The quantitative estimate of drug-likeness (QED) is 0.477. The van der Waals surface area contributed by atoms with Crippen molar-refractivity contribution in [2.24, 2.45) is 0 Å². The van der Waals surface area contributed by atoms with E-state index in [1.807, 2.05) is 11.4 Å². The van der Waals surface area contributed by atoms with Gasteiger partial charge in [0.15, 0.2) is 0 Å². The fourth-order valence-electron chi connectivity index (χ4n) is 2.53. The third-order valence-electron chi connectivity index (χ3n) is 3.88. The van der Waals surface area contributed by atoms with Gasteiger partial charge in [0.2, 0.25) is 5.88 Å². The molecular weight excluding hydrogens is 389 g/mol. The molecule has 0 unspecified atom stereocenters. The summed E-state index contributed by atoms with van der Waals surface area (Å²) in [6.45, 7) is 0.487.